The maximum absolute atomic E-state index is 3.68. The summed E-state index contributed by atoms with van der Waals surface area (Å²) in [6.45, 7) is 4.52. The molecule has 0 spiro atoms. The Morgan fingerprint density at radius 2 is 1.11 bits per heavy atom. The third-order valence-corrected chi connectivity index (χ3v) is 3.95. The molecule has 0 aliphatic heterocycles. The fourth-order valence-electron chi connectivity index (χ4n) is 2.07. The first-order chi connectivity index (χ1) is 9.31. The summed E-state index contributed by atoms with van der Waals surface area (Å²) >= 11 is 3.68. The van der Waals surface area contributed by atoms with Crippen LogP contribution >= 0.6 is 15.9 Å². The lowest BCUT2D eigenvalue weighted by molar-refractivity contribution is 0.611. The lowest BCUT2D eigenvalue weighted by atomic mass is 10.1. The Morgan fingerprint density at radius 3 is 1.68 bits per heavy atom. The minimum atomic E-state index is 0.425. The zero-order valence-electron chi connectivity index (χ0n) is 13.0. The molecule has 0 saturated carbocycles. The van der Waals surface area contributed by atoms with Gasteiger partial charge in [0, 0.05) is 0 Å². The number of rotatable bonds is 13. The highest BCUT2D eigenvalue weighted by atomic mass is 79.9. The van der Waals surface area contributed by atoms with Crippen molar-refractivity contribution in [1.29, 1.82) is 0 Å². The smallest absolute Gasteiger partial charge is 0.0505 e. The second kappa shape index (κ2) is 16.0. The molecule has 1 atom stereocenters. The average Bonchev–Trinajstić information content (AvgIpc) is 2.41. The third kappa shape index (κ3) is 15.9. The fourth-order valence-corrected chi connectivity index (χ4v) is 2.50. The van der Waals surface area contributed by atoms with Gasteiger partial charge in [-0.15, -0.1) is 0 Å². The largest absolute Gasteiger partial charge is 0.0871 e. The highest BCUT2D eigenvalue weighted by molar-refractivity contribution is 9.09. The van der Waals surface area contributed by atoms with E-state index in [4.69, 9.17) is 0 Å². The van der Waals surface area contributed by atoms with E-state index in [1.807, 2.05) is 0 Å². The quantitative estimate of drug-likeness (QED) is 0.190. The summed E-state index contributed by atoms with van der Waals surface area (Å²) in [6, 6.07) is 0. The van der Waals surface area contributed by atoms with Crippen LogP contribution in [0, 0.1) is 0 Å². The summed E-state index contributed by atoms with van der Waals surface area (Å²) in [6.07, 6.45) is 24.0. The van der Waals surface area contributed by atoms with Gasteiger partial charge in [-0.05, 0) is 25.7 Å². The van der Waals surface area contributed by atoms with Crippen molar-refractivity contribution >= 4 is 15.9 Å². The van der Waals surface area contributed by atoms with Crippen molar-refractivity contribution in [2.45, 2.75) is 89.3 Å². The van der Waals surface area contributed by atoms with Crippen LogP contribution in [0.5, 0.6) is 0 Å². The average molecular weight is 329 g/mol. The molecule has 0 heterocycles. The molecule has 0 rings (SSSR count). The third-order valence-electron chi connectivity index (χ3n) is 3.34. The molecule has 1 unspecified atom stereocenters. The van der Waals surface area contributed by atoms with E-state index in [0.29, 0.717) is 4.83 Å². The number of hydrogen-bond acceptors (Lipinski definition) is 0. The van der Waals surface area contributed by atoms with Crippen LogP contribution in [0.4, 0.5) is 0 Å². The number of allylic oxidation sites excluding steroid dienone is 4. The van der Waals surface area contributed by atoms with Crippen molar-refractivity contribution < 1.29 is 0 Å². The van der Waals surface area contributed by atoms with Gasteiger partial charge in [-0.1, -0.05) is 99.0 Å². The maximum Gasteiger partial charge on any atom is 0.0505 e. The van der Waals surface area contributed by atoms with Gasteiger partial charge in [0.2, 0.25) is 0 Å². The first-order valence-electron chi connectivity index (χ1n) is 8.28. The molecule has 0 fully saturated rings. The molecule has 0 nitrogen and oxygen atoms in total. The van der Waals surface area contributed by atoms with Crippen molar-refractivity contribution in [1.82, 2.24) is 0 Å². The molecular formula is C18H33Br. The first kappa shape index (κ1) is 19.0. The molecule has 0 aliphatic rings. The molecule has 112 valence electrons. The van der Waals surface area contributed by atoms with Gasteiger partial charge in [-0.25, -0.2) is 0 Å². The van der Waals surface area contributed by atoms with Gasteiger partial charge < -0.3 is 0 Å². The van der Waals surface area contributed by atoms with Crippen LogP contribution in [0.25, 0.3) is 0 Å². The minimum Gasteiger partial charge on any atom is -0.0871 e. The SMILES string of the molecule is CCCCC/C=C/C(Br)/C=C/CCCCCCCC. The Morgan fingerprint density at radius 1 is 0.684 bits per heavy atom. The van der Waals surface area contributed by atoms with E-state index in [0.717, 1.165) is 0 Å². The van der Waals surface area contributed by atoms with E-state index in [1.165, 1.54) is 70.6 Å². The Bertz CT molecular complexity index is 218. The van der Waals surface area contributed by atoms with Crippen LogP contribution in [0.2, 0.25) is 0 Å². The first-order valence-corrected chi connectivity index (χ1v) is 9.20. The Kier molecular flexibility index (Phi) is 16.0. The van der Waals surface area contributed by atoms with Gasteiger partial charge >= 0.3 is 0 Å². The number of alkyl halides is 1. The zero-order chi connectivity index (χ0) is 14.2. The Balaban J connectivity index is 3.38. The highest BCUT2D eigenvalue weighted by Gasteiger charge is 1.92. The number of hydrogen-bond donors (Lipinski definition) is 0. The molecule has 0 amide bonds. The van der Waals surface area contributed by atoms with Crippen LogP contribution < -0.4 is 0 Å². The van der Waals surface area contributed by atoms with E-state index in [1.54, 1.807) is 0 Å². The molecule has 19 heavy (non-hydrogen) atoms. The van der Waals surface area contributed by atoms with Crippen LogP contribution in [0.1, 0.15) is 84.5 Å². The van der Waals surface area contributed by atoms with Crippen molar-refractivity contribution in [2.75, 3.05) is 0 Å². The summed E-state index contributed by atoms with van der Waals surface area (Å²) < 4.78 is 0. The van der Waals surface area contributed by atoms with Crippen molar-refractivity contribution in [3.05, 3.63) is 24.3 Å². The van der Waals surface area contributed by atoms with E-state index < -0.39 is 0 Å². The summed E-state index contributed by atoms with van der Waals surface area (Å²) in [5.74, 6) is 0. The predicted octanol–water partition coefficient (Wildman–Crippen LogP) is 7.19. The highest BCUT2D eigenvalue weighted by Crippen LogP contribution is 2.10. The molecule has 0 aromatic heterocycles. The van der Waals surface area contributed by atoms with Crippen molar-refractivity contribution in [3.8, 4) is 0 Å². The normalized spacial score (nSPS) is 13.6. The van der Waals surface area contributed by atoms with Crippen LogP contribution in [-0.2, 0) is 0 Å². The Labute approximate surface area is 129 Å². The van der Waals surface area contributed by atoms with Gasteiger partial charge in [0.15, 0.2) is 0 Å². The number of unbranched alkanes of at least 4 members (excludes halogenated alkanes) is 9. The lowest BCUT2D eigenvalue weighted by Crippen LogP contribution is -1.85. The van der Waals surface area contributed by atoms with Crippen LogP contribution in [-0.4, -0.2) is 4.83 Å². The predicted molar refractivity (Wildman–Crippen MR) is 93.1 cm³/mol. The molecule has 0 aromatic rings. The molecule has 1 heteroatoms. The molecular weight excluding hydrogens is 296 g/mol. The molecule has 0 radical (unpaired) electrons. The minimum absolute atomic E-state index is 0.425. The van der Waals surface area contributed by atoms with E-state index in [-0.39, 0.29) is 0 Å². The van der Waals surface area contributed by atoms with Gasteiger partial charge in [-0.2, -0.15) is 0 Å². The standard InChI is InChI=1S/C18H33Br/c1-3-5-7-9-10-11-13-15-17-18(19)16-14-12-8-6-4-2/h14-18H,3-13H2,1-2H3/b16-14+,17-15+. The van der Waals surface area contributed by atoms with Gasteiger partial charge in [0.1, 0.15) is 0 Å². The molecule has 0 saturated heterocycles. The van der Waals surface area contributed by atoms with Gasteiger partial charge in [-0.3, -0.25) is 0 Å². The molecule has 0 aromatic carbocycles. The summed E-state index contributed by atoms with van der Waals surface area (Å²) in [4.78, 5) is 0.425. The lowest BCUT2D eigenvalue weighted by Gasteiger charge is -1.99. The maximum atomic E-state index is 3.68. The molecule has 0 bridgehead atoms. The molecule has 0 N–H and O–H groups in total. The van der Waals surface area contributed by atoms with Crippen molar-refractivity contribution in [3.63, 3.8) is 0 Å². The van der Waals surface area contributed by atoms with Crippen LogP contribution in [0.15, 0.2) is 24.3 Å². The fraction of sp³-hybridized carbons (Fsp3) is 0.778. The van der Waals surface area contributed by atoms with Crippen molar-refractivity contribution in [2.24, 2.45) is 0 Å². The molecule has 0 aliphatic carbocycles. The monoisotopic (exact) mass is 328 g/mol. The summed E-state index contributed by atoms with van der Waals surface area (Å²) in [5.41, 5.74) is 0. The second-order valence-corrected chi connectivity index (χ2v) is 6.41. The summed E-state index contributed by atoms with van der Waals surface area (Å²) in [5, 5.41) is 0. The Hall–Kier alpha value is -0.0400. The number of halogens is 1. The zero-order valence-corrected chi connectivity index (χ0v) is 14.6. The topological polar surface area (TPSA) is 0 Å². The second-order valence-electron chi connectivity index (χ2n) is 5.35. The van der Waals surface area contributed by atoms with Gasteiger partial charge in [0.05, 0.1) is 4.83 Å². The van der Waals surface area contributed by atoms with Crippen LogP contribution in [0.3, 0.4) is 0 Å². The van der Waals surface area contributed by atoms with E-state index in [2.05, 4.69) is 54.1 Å². The van der Waals surface area contributed by atoms with E-state index >= 15 is 0 Å². The van der Waals surface area contributed by atoms with E-state index in [9.17, 15) is 0 Å². The summed E-state index contributed by atoms with van der Waals surface area (Å²) in [7, 11) is 0. The van der Waals surface area contributed by atoms with Gasteiger partial charge in [0.25, 0.3) is 0 Å².